The summed E-state index contributed by atoms with van der Waals surface area (Å²) < 4.78 is 0. The SMILES string of the molecule is Cl.O=C(c1cnccn1)N1CCCC(O)C1. The van der Waals surface area contributed by atoms with Crippen LogP contribution in [-0.2, 0) is 0 Å². The van der Waals surface area contributed by atoms with Crippen LogP contribution in [0.2, 0.25) is 0 Å². The van der Waals surface area contributed by atoms with Gasteiger partial charge in [0.2, 0.25) is 0 Å². The molecule has 88 valence electrons. The van der Waals surface area contributed by atoms with Gasteiger partial charge < -0.3 is 10.0 Å². The maximum absolute atomic E-state index is 11.9. The van der Waals surface area contributed by atoms with Crippen LogP contribution in [0.4, 0.5) is 0 Å². The minimum atomic E-state index is -0.403. The van der Waals surface area contributed by atoms with E-state index in [0.717, 1.165) is 12.8 Å². The van der Waals surface area contributed by atoms with E-state index in [2.05, 4.69) is 9.97 Å². The summed E-state index contributed by atoms with van der Waals surface area (Å²) in [5, 5.41) is 9.45. The minimum Gasteiger partial charge on any atom is -0.391 e. The average molecular weight is 244 g/mol. The lowest BCUT2D eigenvalue weighted by molar-refractivity contribution is 0.0468. The van der Waals surface area contributed by atoms with E-state index in [4.69, 9.17) is 0 Å². The molecule has 1 aliphatic heterocycles. The van der Waals surface area contributed by atoms with Gasteiger partial charge in [-0.25, -0.2) is 4.98 Å². The number of hydrogen-bond acceptors (Lipinski definition) is 4. The first-order valence-corrected chi connectivity index (χ1v) is 5.01. The van der Waals surface area contributed by atoms with Crippen LogP contribution in [0, 0.1) is 0 Å². The molecule has 1 unspecified atom stereocenters. The summed E-state index contributed by atoms with van der Waals surface area (Å²) >= 11 is 0. The van der Waals surface area contributed by atoms with Gasteiger partial charge in [0.05, 0.1) is 12.3 Å². The van der Waals surface area contributed by atoms with Gasteiger partial charge in [-0.15, -0.1) is 12.4 Å². The van der Waals surface area contributed by atoms with Gasteiger partial charge in [0, 0.05) is 25.5 Å². The Kier molecular flexibility index (Phi) is 4.64. The number of amides is 1. The van der Waals surface area contributed by atoms with Gasteiger partial charge in [-0.05, 0) is 12.8 Å². The number of piperidine rings is 1. The van der Waals surface area contributed by atoms with Gasteiger partial charge in [-0.1, -0.05) is 0 Å². The summed E-state index contributed by atoms with van der Waals surface area (Å²) in [6.45, 7) is 1.09. The zero-order valence-electron chi connectivity index (χ0n) is 8.74. The highest BCUT2D eigenvalue weighted by Crippen LogP contribution is 2.11. The number of aromatic nitrogens is 2. The largest absolute Gasteiger partial charge is 0.391 e. The van der Waals surface area contributed by atoms with E-state index in [1.807, 2.05) is 0 Å². The van der Waals surface area contributed by atoms with Gasteiger partial charge >= 0.3 is 0 Å². The summed E-state index contributed by atoms with van der Waals surface area (Å²) in [5.74, 6) is -0.151. The fourth-order valence-corrected chi connectivity index (χ4v) is 1.71. The highest BCUT2D eigenvalue weighted by Gasteiger charge is 2.23. The third kappa shape index (κ3) is 2.90. The Morgan fingerprint density at radius 1 is 1.50 bits per heavy atom. The molecular formula is C10H14ClN3O2. The van der Waals surface area contributed by atoms with Crippen molar-refractivity contribution in [1.29, 1.82) is 0 Å². The number of carbonyl (C=O) groups is 1. The molecule has 2 heterocycles. The molecule has 0 spiro atoms. The molecule has 0 saturated carbocycles. The molecular weight excluding hydrogens is 230 g/mol. The van der Waals surface area contributed by atoms with Crippen LogP contribution < -0.4 is 0 Å². The molecule has 0 bridgehead atoms. The Balaban J connectivity index is 0.00000128. The van der Waals surface area contributed by atoms with Crippen molar-refractivity contribution in [3.05, 3.63) is 24.3 Å². The molecule has 0 aliphatic carbocycles. The lowest BCUT2D eigenvalue weighted by Gasteiger charge is -2.29. The Morgan fingerprint density at radius 2 is 2.31 bits per heavy atom. The fraction of sp³-hybridized carbons (Fsp3) is 0.500. The molecule has 1 aromatic heterocycles. The van der Waals surface area contributed by atoms with E-state index in [1.54, 1.807) is 4.90 Å². The zero-order chi connectivity index (χ0) is 10.7. The number of β-amino-alcohol motifs (C(OH)–C–C–N with tert-alkyl or cyclic N) is 1. The zero-order valence-corrected chi connectivity index (χ0v) is 9.56. The number of rotatable bonds is 1. The average Bonchev–Trinajstić information content (AvgIpc) is 2.29. The number of aliphatic hydroxyl groups excluding tert-OH is 1. The molecule has 1 saturated heterocycles. The second-order valence-electron chi connectivity index (χ2n) is 3.64. The van der Waals surface area contributed by atoms with Crippen LogP contribution in [0.3, 0.4) is 0 Å². The quantitative estimate of drug-likeness (QED) is 0.780. The number of aliphatic hydroxyl groups is 1. The Bertz CT molecular complexity index is 347. The Hall–Kier alpha value is -1.20. The predicted molar refractivity (Wildman–Crippen MR) is 60.4 cm³/mol. The summed E-state index contributed by atoms with van der Waals surface area (Å²) in [6.07, 6.45) is 5.68. The molecule has 16 heavy (non-hydrogen) atoms. The number of nitrogens with zero attached hydrogens (tertiary/aromatic N) is 3. The van der Waals surface area contributed by atoms with E-state index >= 15 is 0 Å². The van der Waals surface area contributed by atoms with Crippen molar-refractivity contribution in [2.24, 2.45) is 0 Å². The third-order valence-corrected chi connectivity index (χ3v) is 2.47. The lowest BCUT2D eigenvalue weighted by atomic mass is 10.1. The second-order valence-corrected chi connectivity index (χ2v) is 3.64. The maximum atomic E-state index is 11.9. The van der Waals surface area contributed by atoms with Gasteiger partial charge in [0.15, 0.2) is 0 Å². The first-order chi connectivity index (χ1) is 7.27. The summed E-state index contributed by atoms with van der Waals surface area (Å²) in [4.78, 5) is 21.3. The fourth-order valence-electron chi connectivity index (χ4n) is 1.71. The smallest absolute Gasteiger partial charge is 0.274 e. The van der Waals surface area contributed by atoms with E-state index in [-0.39, 0.29) is 18.3 Å². The van der Waals surface area contributed by atoms with E-state index in [1.165, 1.54) is 18.6 Å². The first kappa shape index (κ1) is 12.9. The van der Waals surface area contributed by atoms with Crippen molar-refractivity contribution >= 4 is 18.3 Å². The molecule has 2 rings (SSSR count). The molecule has 6 heteroatoms. The summed E-state index contributed by atoms with van der Waals surface area (Å²) in [5.41, 5.74) is 0.339. The molecule has 0 radical (unpaired) electrons. The van der Waals surface area contributed by atoms with Crippen molar-refractivity contribution < 1.29 is 9.90 Å². The van der Waals surface area contributed by atoms with Crippen LogP contribution in [-0.4, -0.2) is 45.1 Å². The van der Waals surface area contributed by atoms with Gasteiger partial charge in [0.1, 0.15) is 5.69 Å². The number of halogens is 1. The monoisotopic (exact) mass is 243 g/mol. The molecule has 1 aromatic rings. The van der Waals surface area contributed by atoms with Crippen LogP contribution in [0.5, 0.6) is 0 Å². The van der Waals surface area contributed by atoms with Crippen molar-refractivity contribution in [3.63, 3.8) is 0 Å². The Labute approximate surface area is 99.9 Å². The van der Waals surface area contributed by atoms with Gasteiger partial charge in [-0.2, -0.15) is 0 Å². The summed E-state index contributed by atoms with van der Waals surface area (Å²) in [6, 6.07) is 0. The van der Waals surface area contributed by atoms with Crippen molar-refractivity contribution in [2.75, 3.05) is 13.1 Å². The van der Waals surface area contributed by atoms with Crippen LogP contribution in [0.15, 0.2) is 18.6 Å². The highest BCUT2D eigenvalue weighted by atomic mass is 35.5. The molecule has 0 aromatic carbocycles. The van der Waals surface area contributed by atoms with Crippen molar-refractivity contribution in [3.8, 4) is 0 Å². The topological polar surface area (TPSA) is 66.3 Å². The van der Waals surface area contributed by atoms with Crippen LogP contribution in [0.1, 0.15) is 23.3 Å². The molecule has 1 aliphatic rings. The standard InChI is InChI=1S/C10H13N3O2.ClH/c14-8-2-1-5-13(7-8)10(15)9-6-11-3-4-12-9;/h3-4,6,8,14H,1-2,5,7H2;1H. The number of carbonyl (C=O) groups excluding carboxylic acids is 1. The first-order valence-electron chi connectivity index (χ1n) is 5.01. The van der Waals surface area contributed by atoms with Gasteiger partial charge in [-0.3, -0.25) is 9.78 Å². The molecule has 1 amide bonds. The van der Waals surface area contributed by atoms with Crippen molar-refractivity contribution in [1.82, 2.24) is 14.9 Å². The molecule has 1 atom stereocenters. The third-order valence-electron chi connectivity index (χ3n) is 2.47. The van der Waals surface area contributed by atoms with Crippen molar-refractivity contribution in [2.45, 2.75) is 18.9 Å². The van der Waals surface area contributed by atoms with E-state index < -0.39 is 6.10 Å². The van der Waals surface area contributed by atoms with Crippen LogP contribution >= 0.6 is 12.4 Å². The van der Waals surface area contributed by atoms with E-state index in [0.29, 0.717) is 18.8 Å². The Morgan fingerprint density at radius 3 is 2.94 bits per heavy atom. The molecule has 1 fully saturated rings. The number of likely N-dealkylation sites (tertiary alicyclic amines) is 1. The second kappa shape index (κ2) is 5.77. The predicted octanol–water partition coefficient (Wildman–Crippen LogP) is 0.495. The molecule has 1 N–H and O–H groups in total. The minimum absolute atomic E-state index is 0. The number of hydrogen-bond donors (Lipinski definition) is 1. The maximum Gasteiger partial charge on any atom is 0.274 e. The van der Waals surface area contributed by atoms with Gasteiger partial charge in [0.25, 0.3) is 5.91 Å². The van der Waals surface area contributed by atoms with E-state index in [9.17, 15) is 9.90 Å². The molecule has 5 nitrogen and oxygen atoms in total. The summed E-state index contributed by atoms with van der Waals surface area (Å²) in [7, 11) is 0. The lowest BCUT2D eigenvalue weighted by Crippen LogP contribution is -2.42. The normalized spacial score (nSPS) is 20.1. The highest BCUT2D eigenvalue weighted by molar-refractivity contribution is 5.92. The van der Waals surface area contributed by atoms with Crippen LogP contribution in [0.25, 0.3) is 0 Å².